The molecule has 0 aromatic heterocycles. The van der Waals surface area contributed by atoms with Crippen LogP contribution in [0.1, 0.15) is 33.1 Å². The van der Waals surface area contributed by atoms with Gasteiger partial charge in [0.15, 0.2) is 0 Å². The first-order valence-corrected chi connectivity index (χ1v) is 4.97. The molecular formula is C10H17NO3. The maximum atomic E-state index is 11.2. The lowest BCUT2D eigenvalue weighted by atomic mass is 9.70. The maximum absolute atomic E-state index is 11.2. The van der Waals surface area contributed by atoms with Gasteiger partial charge in [-0.2, -0.15) is 0 Å². The van der Waals surface area contributed by atoms with Crippen LogP contribution in [-0.2, 0) is 9.59 Å². The van der Waals surface area contributed by atoms with Crippen LogP contribution < -0.4 is 5.32 Å². The summed E-state index contributed by atoms with van der Waals surface area (Å²) in [5.74, 6) is -0.371. The molecule has 0 spiro atoms. The van der Waals surface area contributed by atoms with E-state index in [-0.39, 0.29) is 5.92 Å². The molecule has 3 unspecified atom stereocenters. The van der Waals surface area contributed by atoms with E-state index < -0.39 is 11.5 Å². The molecule has 0 aromatic carbocycles. The third-order valence-electron chi connectivity index (χ3n) is 3.33. The Kier molecular flexibility index (Phi) is 3.13. The maximum Gasteiger partial charge on any atom is 0.329 e. The van der Waals surface area contributed by atoms with E-state index in [0.29, 0.717) is 18.7 Å². The second-order valence-electron chi connectivity index (χ2n) is 4.32. The Bertz CT molecular complexity index is 242. The van der Waals surface area contributed by atoms with Gasteiger partial charge in [-0.05, 0) is 31.1 Å². The van der Waals surface area contributed by atoms with Gasteiger partial charge in [0, 0.05) is 0 Å². The number of carbonyl (C=O) groups excluding carboxylic acids is 1. The van der Waals surface area contributed by atoms with E-state index in [2.05, 4.69) is 12.2 Å². The van der Waals surface area contributed by atoms with E-state index in [1.807, 2.05) is 6.92 Å². The standard InChI is InChI=1S/C10H17NO3/c1-7-3-4-10(9(13)14,11-6-12)8(2)5-7/h6-8H,3-5H2,1-2H3,(H,11,12)(H,13,14). The Morgan fingerprint density at radius 2 is 2.21 bits per heavy atom. The highest BCUT2D eigenvalue weighted by atomic mass is 16.4. The molecule has 0 bridgehead atoms. The number of carboxylic acids is 1. The van der Waals surface area contributed by atoms with Crippen molar-refractivity contribution in [3.63, 3.8) is 0 Å². The van der Waals surface area contributed by atoms with Crippen molar-refractivity contribution < 1.29 is 14.7 Å². The first kappa shape index (κ1) is 11.0. The molecule has 1 amide bonds. The fourth-order valence-corrected chi connectivity index (χ4v) is 2.34. The lowest BCUT2D eigenvalue weighted by Crippen LogP contribution is -2.58. The Labute approximate surface area is 83.7 Å². The number of hydrogen-bond acceptors (Lipinski definition) is 2. The van der Waals surface area contributed by atoms with Gasteiger partial charge in [0.05, 0.1) is 0 Å². The van der Waals surface area contributed by atoms with Crippen LogP contribution in [0.2, 0.25) is 0 Å². The SMILES string of the molecule is CC1CCC(NC=O)(C(=O)O)C(C)C1. The largest absolute Gasteiger partial charge is 0.479 e. The fourth-order valence-electron chi connectivity index (χ4n) is 2.34. The third kappa shape index (κ3) is 1.74. The summed E-state index contributed by atoms with van der Waals surface area (Å²) in [5.41, 5.74) is -1.03. The highest BCUT2D eigenvalue weighted by Crippen LogP contribution is 2.36. The van der Waals surface area contributed by atoms with Gasteiger partial charge in [0.1, 0.15) is 5.54 Å². The summed E-state index contributed by atoms with van der Waals surface area (Å²) < 4.78 is 0. The molecule has 0 heterocycles. The summed E-state index contributed by atoms with van der Waals surface area (Å²) in [7, 11) is 0. The smallest absolute Gasteiger partial charge is 0.329 e. The zero-order chi connectivity index (χ0) is 10.8. The Balaban J connectivity index is 2.86. The highest BCUT2D eigenvalue weighted by Gasteiger charge is 2.46. The Morgan fingerprint density at radius 3 is 2.64 bits per heavy atom. The first-order chi connectivity index (χ1) is 6.53. The summed E-state index contributed by atoms with van der Waals surface area (Å²) in [4.78, 5) is 21.6. The topological polar surface area (TPSA) is 66.4 Å². The number of carboxylic acid groups (broad SMARTS) is 1. The van der Waals surface area contributed by atoms with E-state index in [1.54, 1.807) is 0 Å². The summed E-state index contributed by atoms with van der Waals surface area (Å²) in [6.45, 7) is 4.00. The van der Waals surface area contributed by atoms with E-state index in [1.165, 1.54) is 0 Å². The van der Waals surface area contributed by atoms with Gasteiger partial charge in [-0.3, -0.25) is 4.79 Å². The second-order valence-corrected chi connectivity index (χ2v) is 4.32. The van der Waals surface area contributed by atoms with Crippen molar-refractivity contribution in [2.24, 2.45) is 11.8 Å². The quantitative estimate of drug-likeness (QED) is 0.667. The molecule has 0 radical (unpaired) electrons. The van der Waals surface area contributed by atoms with E-state index in [9.17, 15) is 9.59 Å². The van der Waals surface area contributed by atoms with Crippen LogP contribution in [0, 0.1) is 11.8 Å². The lowest BCUT2D eigenvalue weighted by Gasteiger charge is -2.40. The van der Waals surface area contributed by atoms with Gasteiger partial charge in [0.2, 0.25) is 6.41 Å². The number of carbonyl (C=O) groups is 2. The molecule has 4 heteroatoms. The molecule has 2 N–H and O–H groups in total. The molecule has 0 aromatic rings. The van der Waals surface area contributed by atoms with Crippen molar-refractivity contribution in [3.8, 4) is 0 Å². The average Bonchev–Trinajstić information content (AvgIpc) is 2.10. The van der Waals surface area contributed by atoms with E-state index in [0.717, 1.165) is 12.8 Å². The van der Waals surface area contributed by atoms with Gasteiger partial charge >= 0.3 is 5.97 Å². The lowest BCUT2D eigenvalue weighted by molar-refractivity contribution is -0.151. The van der Waals surface area contributed by atoms with E-state index in [4.69, 9.17) is 5.11 Å². The summed E-state index contributed by atoms with van der Waals surface area (Å²) in [6.07, 6.45) is 2.74. The zero-order valence-electron chi connectivity index (χ0n) is 8.62. The molecule has 1 aliphatic carbocycles. The number of nitrogens with one attached hydrogen (secondary N) is 1. The zero-order valence-corrected chi connectivity index (χ0v) is 8.62. The summed E-state index contributed by atoms with van der Waals surface area (Å²) in [6, 6.07) is 0. The minimum Gasteiger partial charge on any atom is -0.479 e. The second kappa shape index (κ2) is 3.98. The number of amides is 1. The van der Waals surface area contributed by atoms with Crippen molar-refractivity contribution in [2.75, 3.05) is 0 Å². The molecule has 4 nitrogen and oxygen atoms in total. The molecule has 80 valence electrons. The van der Waals surface area contributed by atoms with Crippen LogP contribution in [0.25, 0.3) is 0 Å². The number of rotatable bonds is 3. The molecule has 14 heavy (non-hydrogen) atoms. The molecule has 3 atom stereocenters. The van der Waals surface area contributed by atoms with Gasteiger partial charge in [-0.15, -0.1) is 0 Å². The van der Waals surface area contributed by atoms with Crippen LogP contribution in [-0.4, -0.2) is 23.0 Å². The molecule has 0 aliphatic heterocycles. The third-order valence-corrected chi connectivity index (χ3v) is 3.33. The predicted molar refractivity (Wildman–Crippen MR) is 51.7 cm³/mol. The van der Waals surface area contributed by atoms with Crippen molar-refractivity contribution in [1.29, 1.82) is 0 Å². The van der Waals surface area contributed by atoms with Gasteiger partial charge in [-0.25, -0.2) is 4.79 Å². The van der Waals surface area contributed by atoms with Crippen molar-refractivity contribution in [3.05, 3.63) is 0 Å². The molecule has 1 aliphatic rings. The van der Waals surface area contributed by atoms with Crippen LogP contribution in [0.5, 0.6) is 0 Å². The van der Waals surface area contributed by atoms with Crippen LogP contribution >= 0.6 is 0 Å². The van der Waals surface area contributed by atoms with Crippen LogP contribution in [0.4, 0.5) is 0 Å². The van der Waals surface area contributed by atoms with Gasteiger partial charge in [-0.1, -0.05) is 13.8 Å². The first-order valence-electron chi connectivity index (χ1n) is 4.97. The van der Waals surface area contributed by atoms with Gasteiger partial charge < -0.3 is 10.4 Å². The number of hydrogen-bond donors (Lipinski definition) is 2. The normalized spacial score (nSPS) is 37.6. The minimum atomic E-state index is -1.03. The molecular weight excluding hydrogens is 182 g/mol. The van der Waals surface area contributed by atoms with Gasteiger partial charge in [0.25, 0.3) is 0 Å². The fraction of sp³-hybridized carbons (Fsp3) is 0.800. The number of aliphatic carboxylic acids is 1. The van der Waals surface area contributed by atoms with Crippen LogP contribution in [0.3, 0.4) is 0 Å². The van der Waals surface area contributed by atoms with Crippen molar-refractivity contribution in [2.45, 2.75) is 38.6 Å². The highest BCUT2D eigenvalue weighted by molar-refractivity contribution is 5.82. The summed E-state index contributed by atoms with van der Waals surface area (Å²) in [5, 5.41) is 11.6. The van der Waals surface area contributed by atoms with E-state index >= 15 is 0 Å². The summed E-state index contributed by atoms with van der Waals surface area (Å²) >= 11 is 0. The monoisotopic (exact) mass is 199 g/mol. The van der Waals surface area contributed by atoms with Crippen LogP contribution in [0.15, 0.2) is 0 Å². The molecule has 1 fully saturated rings. The minimum absolute atomic E-state index is 0.00560. The Morgan fingerprint density at radius 1 is 1.57 bits per heavy atom. The molecule has 0 saturated heterocycles. The van der Waals surface area contributed by atoms with Crippen molar-refractivity contribution >= 4 is 12.4 Å². The Hall–Kier alpha value is -1.06. The van der Waals surface area contributed by atoms with Crippen molar-refractivity contribution in [1.82, 2.24) is 5.32 Å². The average molecular weight is 199 g/mol. The predicted octanol–water partition coefficient (Wildman–Crippen LogP) is 1.01. The molecule has 1 rings (SSSR count). The molecule has 1 saturated carbocycles.